The van der Waals surface area contributed by atoms with E-state index in [0.29, 0.717) is 0 Å². The van der Waals surface area contributed by atoms with Gasteiger partial charge in [-0.25, -0.2) is 9.59 Å². The van der Waals surface area contributed by atoms with Crippen molar-refractivity contribution in [1.82, 2.24) is 0 Å². The molecular weight excluding hydrogens is 220 g/mol. The second kappa shape index (κ2) is 10.2. The molecule has 0 amide bonds. The maximum Gasteiger partial charge on any atom is 0.335 e. The largest absolute Gasteiger partial charge is 0.478 e. The Bertz CT molecular complexity index is 333. The van der Waals surface area contributed by atoms with Crippen LogP contribution in [0.1, 0.15) is 27.6 Å². The van der Waals surface area contributed by atoms with E-state index in [1.807, 2.05) is 6.92 Å². The van der Waals surface area contributed by atoms with Crippen LogP contribution in [0.2, 0.25) is 0 Å². The number of allylic oxidation sites excluding steroid dienone is 1. The second-order valence-corrected chi connectivity index (χ2v) is 2.60. The summed E-state index contributed by atoms with van der Waals surface area (Å²) < 4.78 is 0. The van der Waals surface area contributed by atoms with Gasteiger partial charge in [-0.2, -0.15) is 0 Å². The summed E-state index contributed by atoms with van der Waals surface area (Å²) in [5, 5.41) is 16.9. The van der Waals surface area contributed by atoms with Gasteiger partial charge in [-0.3, -0.25) is 0 Å². The molecule has 4 heteroatoms. The van der Waals surface area contributed by atoms with Gasteiger partial charge in [-0.15, -0.1) is 19.7 Å². The lowest BCUT2D eigenvalue weighted by Crippen LogP contribution is -1.99. The molecule has 1 rings (SSSR count). The van der Waals surface area contributed by atoms with E-state index in [0.717, 1.165) is 0 Å². The van der Waals surface area contributed by atoms with E-state index >= 15 is 0 Å². The number of hydrogen-bond acceptors (Lipinski definition) is 2. The maximum atomic E-state index is 10.3. The van der Waals surface area contributed by atoms with Gasteiger partial charge in [0.05, 0.1) is 11.1 Å². The molecule has 0 unspecified atom stereocenters. The molecule has 0 bridgehead atoms. The lowest BCUT2D eigenvalue weighted by atomic mass is 10.1. The molecule has 0 aliphatic rings. The van der Waals surface area contributed by atoms with Crippen LogP contribution in [0.3, 0.4) is 0 Å². The summed E-state index contributed by atoms with van der Waals surface area (Å²) in [5.74, 6) is -2.13. The minimum atomic E-state index is -1.06. The zero-order chi connectivity index (χ0) is 13.8. The summed E-state index contributed by atoms with van der Waals surface area (Å²) in [6, 6.07) is 5.02. The number of aromatic carboxylic acids is 2. The zero-order valence-corrected chi connectivity index (χ0v) is 9.72. The number of carboxylic acids is 2. The minimum absolute atomic E-state index is 0.0833. The normalized spacial score (nSPS) is 7.59. The predicted octanol–water partition coefficient (Wildman–Crippen LogP) is 3.08. The van der Waals surface area contributed by atoms with Crippen LogP contribution >= 0.6 is 0 Å². The lowest BCUT2D eigenvalue weighted by Gasteiger charge is -1.94. The molecule has 0 radical (unpaired) electrons. The summed E-state index contributed by atoms with van der Waals surface area (Å²) in [5.41, 5.74) is 0.167. The summed E-state index contributed by atoms with van der Waals surface area (Å²) in [6.45, 7) is 11.2. The molecule has 4 nitrogen and oxygen atoms in total. The Labute approximate surface area is 101 Å². The SMILES string of the molecule is C=C.C=CC.O=C(O)c1ccc(C(=O)O)cc1. The van der Waals surface area contributed by atoms with Gasteiger partial charge in [0.15, 0.2) is 0 Å². The molecule has 0 heterocycles. The van der Waals surface area contributed by atoms with Crippen LogP contribution in [0, 0.1) is 0 Å². The van der Waals surface area contributed by atoms with E-state index in [1.165, 1.54) is 24.3 Å². The van der Waals surface area contributed by atoms with Gasteiger partial charge >= 0.3 is 11.9 Å². The standard InChI is InChI=1S/C8H6O4.C3H6.C2H4/c9-7(10)5-1-2-6(4-3-5)8(11)12;1-3-2;1-2/h1-4H,(H,9,10)(H,11,12);3H,1H2,2H3;1-2H2. The van der Waals surface area contributed by atoms with Crippen molar-refractivity contribution in [3.63, 3.8) is 0 Å². The Kier molecular flexibility index (Phi) is 10.2. The molecule has 1 aromatic rings. The van der Waals surface area contributed by atoms with E-state index in [9.17, 15) is 9.59 Å². The summed E-state index contributed by atoms with van der Waals surface area (Å²) in [6.07, 6.45) is 1.75. The summed E-state index contributed by atoms with van der Waals surface area (Å²) in [7, 11) is 0. The van der Waals surface area contributed by atoms with Gasteiger partial charge in [-0.05, 0) is 31.2 Å². The van der Waals surface area contributed by atoms with Gasteiger partial charge in [0.25, 0.3) is 0 Å². The highest BCUT2D eigenvalue weighted by atomic mass is 16.4. The monoisotopic (exact) mass is 236 g/mol. The smallest absolute Gasteiger partial charge is 0.335 e. The van der Waals surface area contributed by atoms with E-state index in [1.54, 1.807) is 6.08 Å². The minimum Gasteiger partial charge on any atom is -0.478 e. The Hall–Kier alpha value is -2.36. The first-order chi connectivity index (χ1) is 8.02. The highest BCUT2D eigenvalue weighted by Gasteiger charge is 2.04. The van der Waals surface area contributed by atoms with Crippen molar-refractivity contribution in [2.24, 2.45) is 0 Å². The zero-order valence-electron chi connectivity index (χ0n) is 9.72. The molecule has 0 aliphatic heterocycles. The molecule has 0 saturated heterocycles. The van der Waals surface area contributed by atoms with E-state index in [-0.39, 0.29) is 11.1 Å². The van der Waals surface area contributed by atoms with E-state index < -0.39 is 11.9 Å². The van der Waals surface area contributed by atoms with Gasteiger partial charge < -0.3 is 10.2 Å². The molecule has 0 atom stereocenters. The third-order valence-electron chi connectivity index (χ3n) is 1.38. The molecule has 0 spiro atoms. The molecule has 0 saturated carbocycles. The first-order valence-corrected chi connectivity index (χ1v) is 4.66. The van der Waals surface area contributed by atoms with Crippen molar-refractivity contribution in [1.29, 1.82) is 0 Å². The van der Waals surface area contributed by atoms with Crippen molar-refractivity contribution in [2.75, 3.05) is 0 Å². The van der Waals surface area contributed by atoms with Crippen molar-refractivity contribution < 1.29 is 19.8 Å². The topological polar surface area (TPSA) is 74.6 Å². The van der Waals surface area contributed by atoms with E-state index in [4.69, 9.17) is 10.2 Å². The fourth-order valence-corrected chi connectivity index (χ4v) is 0.755. The van der Waals surface area contributed by atoms with Crippen LogP contribution in [-0.2, 0) is 0 Å². The second-order valence-electron chi connectivity index (χ2n) is 2.60. The average Bonchev–Trinajstić information content (AvgIpc) is 2.32. The highest BCUT2D eigenvalue weighted by molar-refractivity contribution is 5.91. The molecule has 17 heavy (non-hydrogen) atoms. The fraction of sp³-hybridized carbons (Fsp3) is 0.0769. The number of carboxylic acid groups (broad SMARTS) is 2. The van der Waals surface area contributed by atoms with Crippen molar-refractivity contribution in [3.05, 3.63) is 61.2 Å². The van der Waals surface area contributed by atoms with Gasteiger partial charge in [-0.1, -0.05) is 6.08 Å². The van der Waals surface area contributed by atoms with Crippen LogP contribution in [-0.4, -0.2) is 22.2 Å². The lowest BCUT2D eigenvalue weighted by molar-refractivity contribution is 0.0681. The van der Waals surface area contributed by atoms with Gasteiger partial charge in [0, 0.05) is 0 Å². The molecule has 92 valence electrons. The molecular formula is C13H16O4. The Morgan fingerprint density at radius 3 is 1.29 bits per heavy atom. The van der Waals surface area contributed by atoms with Crippen LogP contribution in [0.15, 0.2) is 50.1 Å². The number of benzene rings is 1. The number of carbonyl (C=O) groups is 2. The molecule has 1 aromatic carbocycles. The Morgan fingerprint density at radius 2 is 1.18 bits per heavy atom. The van der Waals surface area contributed by atoms with Crippen LogP contribution in [0.4, 0.5) is 0 Å². The first-order valence-electron chi connectivity index (χ1n) is 4.66. The summed E-state index contributed by atoms with van der Waals surface area (Å²) in [4.78, 5) is 20.7. The number of rotatable bonds is 2. The molecule has 2 N–H and O–H groups in total. The quantitative estimate of drug-likeness (QED) is 0.774. The van der Waals surface area contributed by atoms with Crippen LogP contribution < -0.4 is 0 Å². The van der Waals surface area contributed by atoms with Crippen molar-refractivity contribution in [2.45, 2.75) is 6.92 Å². The first kappa shape index (κ1) is 17.0. The average molecular weight is 236 g/mol. The predicted molar refractivity (Wildman–Crippen MR) is 67.5 cm³/mol. The summed E-state index contributed by atoms with van der Waals surface area (Å²) >= 11 is 0. The third-order valence-corrected chi connectivity index (χ3v) is 1.38. The van der Waals surface area contributed by atoms with Crippen LogP contribution in [0.25, 0.3) is 0 Å². The van der Waals surface area contributed by atoms with E-state index in [2.05, 4.69) is 19.7 Å². The Morgan fingerprint density at radius 1 is 1.00 bits per heavy atom. The molecule has 0 aliphatic carbocycles. The van der Waals surface area contributed by atoms with Gasteiger partial charge in [0.2, 0.25) is 0 Å². The van der Waals surface area contributed by atoms with Crippen molar-refractivity contribution >= 4 is 11.9 Å². The third kappa shape index (κ3) is 7.56. The number of hydrogen-bond donors (Lipinski definition) is 2. The fourth-order valence-electron chi connectivity index (χ4n) is 0.755. The molecule has 0 fully saturated rings. The highest BCUT2D eigenvalue weighted by Crippen LogP contribution is 2.03. The molecule has 0 aromatic heterocycles. The maximum absolute atomic E-state index is 10.3. The van der Waals surface area contributed by atoms with Crippen molar-refractivity contribution in [3.8, 4) is 0 Å². The van der Waals surface area contributed by atoms with Gasteiger partial charge in [0.1, 0.15) is 0 Å². The Balaban J connectivity index is 0. The van der Waals surface area contributed by atoms with Crippen LogP contribution in [0.5, 0.6) is 0 Å².